The maximum absolute atomic E-state index is 12.2. The Balaban J connectivity index is 2.06. The van der Waals surface area contributed by atoms with Gasteiger partial charge < -0.3 is 14.7 Å². The van der Waals surface area contributed by atoms with Crippen LogP contribution in [0.1, 0.15) is 40.0 Å². The summed E-state index contributed by atoms with van der Waals surface area (Å²) >= 11 is 0. The monoisotopic (exact) mass is 328 g/mol. The van der Waals surface area contributed by atoms with Crippen molar-refractivity contribution in [3.8, 4) is 0 Å². The molecule has 0 aromatic heterocycles. The number of carbonyl (C=O) groups is 4. The molecular weight excluding hydrogens is 308 g/mol. The quantitative estimate of drug-likeness (QED) is 0.708. The van der Waals surface area contributed by atoms with E-state index < -0.39 is 41.6 Å². The van der Waals surface area contributed by atoms with Gasteiger partial charge in [0.25, 0.3) is 11.8 Å². The van der Waals surface area contributed by atoms with Crippen LogP contribution in [0.25, 0.3) is 0 Å². The average molecular weight is 328 g/mol. The Morgan fingerprint density at radius 3 is 2.26 bits per heavy atom. The number of hydrogen-bond donors (Lipinski definition) is 1. The first-order chi connectivity index (χ1) is 10.6. The number of ether oxygens (including phenoxy) is 1. The van der Waals surface area contributed by atoms with E-state index in [1.807, 2.05) is 0 Å². The summed E-state index contributed by atoms with van der Waals surface area (Å²) in [5.41, 5.74) is -0.764. The van der Waals surface area contributed by atoms with Crippen molar-refractivity contribution < 1.29 is 33.9 Å². The fourth-order valence-electron chi connectivity index (χ4n) is 2.37. The van der Waals surface area contributed by atoms with E-state index in [0.29, 0.717) is 5.06 Å². The van der Waals surface area contributed by atoms with Crippen LogP contribution in [0.3, 0.4) is 0 Å². The van der Waals surface area contributed by atoms with Crippen LogP contribution in [-0.2, 0) is 24.0 Å². The van der Waals surface area contributed by atoms with E-state index in [9.17, 15) is 24.3 Å². The minimum atomic E-state index is -1.11. The Morgan fingerprint density at radius 1 is 1.17 bits per heavy atom. The lowest BCUT2D eigenvalue weighted by Gasteiger charge is -2.27. The second-order valence-corrected chi connectivity index (χ2v) is 6.53. The molecular formula is C14H20N2O7. The molecule has 2 heterocycles. The van der Waals surface area contributed by atoms with Crippen molar-refractivity contribution >= 4 is 23.9 Å². The summed E-state index contributed by atoms with van der Waals surface area (Å²) in [5, 5.41) is 10.1. The molecule has 0 saturated carbocycles. The van der Waals surface area contributed by atoms with Crippen LogP contribution < -0.4 is 0 Å². The molecule has 9 heteroatoms. The molecule has 2 saturated heterocycles. The van der Waals surface area contributed by atoms with Crippen LogP contribution >= 0.6 is 0 Å². The van der Waals surface area contributed by atoms with Gasteiger partial charge in [0.2, 0.25) is 0 Å². The molecule has 0 aliphatic carbocycles. The van der Waals surface area contributed by atoms with E-state index in [1.54, 1.807) is 20.8 Å². The van der Waals surface area contributed by atoms with E-state index >= 15 is 0 Å². The maximum Gasteiger partial charge on any atom is 0.411 e. The highest BCUT2D eigenvalue weighted by atomic mass is 16.7. The van der Waals surface area contributed by atoms with Gasteiger partial charge in [0.1, 0.15) is 11.6 Å². The van der Waals surface area contributed by atoms with E-state index in [4.69, 9.17) is 9.57 Å². The highest BCUT2D eigenvalue weighted by Crippen LogP contribution is 2.23. The highest BCUT2D eigenvalue weighted by Gasteiger charge is 2.44. The number of hydrogen-bond acceptors (Lipinski definition) is 7. The molecule has 2 atom stereocenters. The zero-order valence-corrected chi connectivity index (χ0v) is 13.3. The van der Waals surface area contributed by atoms with Crippen LogP contribution in [0.15, 0.2) is 0 Å². The average Bonchev–Trinajstić information content (AvgIpc) is 2.94. The Bertz CT molecular complexity index is 524. The molecule has 0 bridgehead atoms. The molecule has 0 radical (unpaired) electrons. The molecule has 2 aliphatic rings. The lowest BCUT2D eigenvalue weighted by Crippen LogP contribution is -2.46. The second kappa shape index (κ2) is 6.15. The molecule has 0 aromatic carbocycles. The molecule has 9 nitrogen and oxygen atoms in total. The number of carbonyl (C=O) groups excluding carboxylic acids is 4. The molecule has 2 fully saturated rings. The van der Waals surface area contributed by atoms with Gasteiger partial charge in [0, 0.05) is 19.3 Å². The van der Waals surface area contributed by atoms with Gasteiger partial charge in [-0.15, -0.1) is 5.06 Å². The number of β-amino-alcohol motifs (C(OH)–C–C–N with tert-alkyl or cyclic N) is 1. The molecule has 2 aliphatic heterocycles. The van der Waals surface area contributed by atoms with Gasteiger partial charge >= 0.3 is 12.1 Å². The number of aliphatic hydroxyl groups is 1. The number of likely N-dealkylation sites (tertiary alicyclic amines) is 1. The molecule has 23 heavy (non-hydrogen) atoms. The zero-order valence-electron chi connectivity index (χ0n) is 13.3. The van der Waals surface area contributed by atoms with Crippen LogP contribution in [0.2, 0.25) is 0 Å². The van der Waals surface area contributed by atoms with E-state index in [1.165, 1.54) is 0 Å². The first-order valence-electron chi connectivity index (χ1n) is 7.34. The van der Waals surface area contributed by atoms with E-state index in [-0.39, 0.29) is 25.8 Å². The van der Waals surface area contributed by atoms with Crippen LogP contribution in [-0.4, -0.2) is 63.2 Å². The largest absolute Gasteiger partial charge is 0.444 e. The summed E-state index contributed by atoms with van der Waals surface area (Å²) in [6.07, 6.45) is -1.77. The Kier molecular flexibility index (Phi) is 4.60. The van der Waals surface area contributed by atoms with Crippen molar-refractivity contribution in [3.05, 3.63) is 0 Å². The number of amides is 3. The summed E-state index contributed by atoms with van der Waals surface area (Å²) in [6, 6.07) is -1.11. The Morgan fingerprint density at radius 2 is 1.74 bits per heavy atom. The summed E-state index contributed by atoms with van der Waals surface area (Å²) in [7, 11) is 0. The molecule has 0 spiro atoms. The Hall–Kier alpha value is -2.16. The number of rotatable bonds is 2. The molecule has 0 unspecified atom stereocenters. The summed E-state index contributed by atoms with van der Waals surface area (Å²) in [6.45, 7) is 4.93. The second-order valence-electron chi connectivity index (χ2n) is 6.53. The van der Waals surface area contributed by atoms with Crippen molar-refractivity contribution in [2.75, 3.05) is 6.54 Å². The lowest BCUT2D eigenvalue weighted by molar-refractivity contribution is -0.200. The van der Waals surface area contributed by atoms with Crippen LogP contribution in [0, 0.1) is 0 Å². The number of hydroxylamine groups is 2. The van der Waals surface area contributed by atoms with Crippen LogP contribution in [0.5, 0.6) is 0 Å². The normalized spacial score (nSPS) is 25.0. The Labute approximate surface area is 133 Å². The van der Waals surface area contributed by atoms with Crippen molar-refractivity contribution in [1.82, 2.24) is 9.96 Å². The molecule has 128 valence electrons. The predicted molar refractivity (Wildman–Crippen MR) is 74.5 cm³/mol. The van der Waals surface area contributed by atoms with Gasteiger partial charge in [0.05, 0.1) is 12.6 Å². The summed E-state index contributed by atoms with van der Waals surface area (Å²) in [5.74, 6) is -2.16. The molecule has 1 N–H and O–H groups in total. The first-order valence-corrected chi connectivity index (χ1v) is 7.34. The van der Waals surface area contributed by atoms with Gasteiger partial charge in [0.15, 0.2) is 0 Å². The van der Waals surface area contributed by atoms with E-state index in [2.05, 4.69) is 0 Å². The minimum Gasteiger partial charge on any atom is -0.444 e. The smallest absolute Gasteiger partial charge is 0.411 e. The SMILES string of the molecule is CC(C)(C)OC(=O)N1C[C@@H](O)C[C@@H]1C(=O)ON1C(=O)CCC1=O. The van der Waals surface area contributed by atoms with Gasteiger partial charge in [-0.05, 0) is 20.8 Å². The summed E-state index contributed by atoms with van der Waals surface area (Å²) < 4.78 is 5.18. The molecule has 2 rings (SSSR count). The van der Waals surface area contributed by atoms with Gasteiger partial charge in [-0.3, -0.25) is 14.5 Å². The summed E-state index contributed by atoms with van der Waals surface area (Å²) in [4.78, 5) is 53.1. The van der Waals surface area contributed by atoms with Crippen LogP contribution in [0.4, 0.5) is 4.79 Å². The third-order valence-corrected chi connectivity index (χ3v) is 3.37. The number of aliphatic hydroxyl groups excluding tert-OH is 1. The third kappa shape index (κ3) is 3.98. The van der Waals surface area contributed by atoms with E-state index in [0.717, 1.165) is 4.90 Å². The van der Waals surface area contributed by atoms with Crippen molar-refractivity contribution in [2.45, 2.75) is 57.8 Å². The fraction of sp³-hybridized carbons (Fsp3) is 0.714. The maximum atomic E-state index is 12.2. The molecule has 3 amide bonds. The fourth-order valence-corrected chi connectivity index (χ4v) is 2.37. The molecule has 0 aromatic rings. The van der Waals surface area contributed by atoms with Crippen molar-refractivity contribution in [3.63, 3.8) is 0 Å². The van der Waals surface area contributed by atoms with Gasteiger partial charge in [-0.1, -0.05) is 0 Å². The minimum absolute atomic E-state index is 0.0187. The topological polar surface area (TPSA) is 113 Å². The first kappa shape index (κ1) is 17.2. The predicted octanol–water partition coefficient (Wildman–Crippen LogP) is -0.0361. The third-order valence-electron chi connectivity index (χ3n) is 3.37. The standard InChI is InChI=1S/C14H20N2O7/c1-14(2,3)22-13(21)15-7-8(17)6-9(15)12(20)23-16-10(18)4-5-11(16)19/h8-9,17H,4-7H2,1-3H3/t8-,9+/m0/s1. The van der Waals surface area contributed by atoms with Crippen molar-refractivity contribution in [1.29, 1.82) is 0 Å². The van der Waals surface area contributed by atoms with Gasteiger partial charge in [-0.2, -0.15) is 0 Å². The van der Waals surface area contributed by atoms with Crippen molar-refractivity contribution in [2.24, 2.45) is 0 Å². The number of nitrogens with zero attached hydrogens (tertiary/aromatic N) is 2. The lowest BCUT2D eigenvalue weighted by atomic mass is 10.2. The van der Waals surface area contributed by atoms with Gasteiger partial charge in [-0.25, -0.2) is 9.59 Å². The zero-order chi connectivity index (χ0) is 17.4. The number of imide groups is 1. The highest BCUT2D eigenvalue weighted by molar-refractivity contribution is 6.01.